The number of unbranched alkanes of at least 4 members (excludes halogenated alkanes) is 1. The molecule has 147 heavy (non-hydrogen) atoms. The quantitative estimate of drug-likeness (QED) is 0.0225. The van der Waals surface area contributed by atoms with E-state index >= 15 is 0 Å². The number of primary amides is 2. The lowest BCUT2D eigenvalue weighted by Gasteiger charge is -2.36. The largest absolute Gasteiger partial charge is 0.480 e. The molecule has 3 aromatic carbocycles. The van der Waals surface area contributed by atoms with Crippen LogP contribution in [0.3, 0.4) is 0 Å². The molecule has 3 heterocycles. The van der Waals surface area contributed by atoms with Gasteiger partial charge in [-0.05, 0) is 153 Å². The Morgan fingerprint density at radius 1 is 0.469 bits per heavy atom. The van der Waals surface area contributed by atoms with Crippen molar-refractivity contribution >= 4 is 111 Å². The van der Waals surface area contributed by atoms with Crippen LogP contribution in [-0.2, 0) is 112 Å². The number of fused-ring (bicyclic) bond motifs is 1. The molecule has 814 valence electrons. The molecule has 0 spiro atoms. The lowest BCUT2D eigenvalue weighted by Crippen LogP contribution is -2.66. The Morgan fingerprint density at radius 3 is 1.58 bits per heavy atom. The van der Waals surface area contributed by atoms with Crippen molar-refractivity contribution in [3.05, 3.63) is 126 Å². The van der Waals surface area contributed by atoms with E-state index in [1.165, 1.54) is 24.4 Å². The van der Waals surface area contributed by atoms with Gasteiger partial charge in [-0.15, -0.1) is 0 Å². The zero-order valence-corrected chi connectivity index (χ0v) is 87.5. The predicted octanol–water partition coefficient (Wildman–Crippen LogP) is -0.180. The second kappa shape index (κ2) is 63.0. The first-order chi connectivity index (χ1) is 69.7. The minimum Gasteiger partial charge on any atom is -0.480 e. The van der Waals surface area contributed by atoms with Gasteiger partial charge in [0.2, 0.25) is 94.5 Å². The zero-order chi connectivity index (χ0) is 108. The van der Waals surface area contributed by atoms with Crippen LogP contribution in [0.4, 0.5) is 0 Å². The van der Waals surface area contributed by atoms with Gasteiger partial charge in [0, 0.05) is 166 Å². The van der Waals surface area contributed by atoms with Crippen molar-refractivity contribution in [3.8, 4) is 0 Å². The Morgan fingerprint density at radius 2 is 1.00 bits per heavy atom. The lowest BCUT2D eigenvalue weighted by molar-refractivity contribution is -0.142. The monoisotopic (exact) mass is 2050 g/mol. The van der Waals surface area contributed by atoms with Gasteiger partial charge in [0.1, 0.15) is 48.3 Å². The second-order valence-electron chi connectivity index (χ2n) is 40.9. The van der Waals surface area contributed by atoms with Gasteiger partial charge in [-0.25, -0.2) is 9.78 Å². The Kier molecular flexibility index (Phi) is 52.6. The Labute approximate surface area is 861 Å². The highest BCUT2D eigenvalue weighted by Crippen LogP contribution is 2.24. The number of benzene rings is 3. The number of nitrogens with one attached hydrogen (secondary N) is 20. The Bertz CT molecular complexity index is 5060. The summed E-state index contributed by atoms with van der Waals surface area (Å²) in [4.78, 5) is 241. The molecular formula is C103H163N25O19. The molecule has 9 atom stereocenters. The van der Waals surface area contributed by atoms with Crippen molar-refractivity contribution in [1.29, 1.82) is 0 Å². The molecule has 5 aromatic rings. The van der Waals surface area contributed by atoms with Gasteiger partial charge < -0.3 is 138 Å². The van der Waals surface area contributed by atoms with Crippen LogP contribution in [0.25, 0.3) is 10.9 Å². The van der Waals surface area contributed by atoms with Gasteiger partial charge >= 0.3 is 5.97 Å². The maximum atomic E-state index is 14.9. The number of amides is 16. The summed E-state index contributed by atoms with van der Waals surface area (Å²) in [5.74, 6) is -11.6. The number of aromatic amines is 2. The molecule has 0 radical (unpaired) electrons. The lowest BCUT2D eigenvalue weighted by atomic mass is 9.97. The summed E-state index contributed by atoms with van der Waals surface area (Å²) in [7, 11) is 0. The van der Waals surface area contributed by atoms with Crippen LogP contribution in [0.5, 0.6) is 0 Å². The number of carboxylic acids is 1. The standard InChI is InChI=1S/C103H163N25O19/c1-64(2)47-72(38-41-85(132)120-78(92(107)138)48-65(3)4)118-96(142)81(51-73-54-112-63-116-73)122-90(137)55-115-98(144)91(66(5)6)125-93(139)68(8)117-95(141)80(50-71-53-114-75-27-17-16-26-74(71)75)124-94(140)76(39-40-82(106)129)123-97(143)79(49-70-23-14-13-15-24-70)121-89(136)52-101(11,12)147-62-100(9,10)126-86(133)31-22-33-88(135)128-103(57-105)60-110-45-43-108-58-102(56-104,59-109-44-46-111-61-103)127-87(134)32-21-30-84(131)119-77(99(145)146)28-18-19-42-113-83(130)29-20-25-69-36-34-67(7)35-37-69/h13-17,23-24,26-27,34-37,53-54,63-66,68,72,76-81,91,108-111,114H,18-22,25,28-33,38-52,55-62,104-105H2,1-12H3,(H2,106,129)(H2,107,138)(H,112,116)(H,113,130)(H,115,144)(H,117,141)(H,118,142)(H,119,131)(H,120,132)(H,121,136)(H,122,137)(H,123,143)(H,124,140)(H,125,139)(H,126,133)(H,127,134)(H,128,135)(H,145,146)/t68-,72+,76-,77?,78-,79+,80-,81-,91-,102?,103?/m0/s1. The van der Waals surface area contributed by atoms with E-state index < -0.39 is 172 Å². The van der Waals surface area contributed by atoms with Crippen LogP contribution in [0.15, 0.2) is 97.6 Å². The number of imidazole rings is 1. The first-order valence-corrected chi connectivity index (χ1v) is 51.1. The summed E-state index contributed by atoms with van der Waals surface area (Å²) in [6.07, 6.45) is 7.20. The number of para-hydroxylation sites is 1. The first kappa shape index (κ1) is 123. The van der Waals surface area contributed by atoms with Crippen LogP contribution < -0.4 is 119 Å². The number of ether oxygens (including phenoxy) is 1. The molecule has 1 saturated heterocycles. The Balaban J connectivity index is 0.983. The normalized spacial score (nSPS) is 16.7. The van der Waals surface area contributed by atoms with E-state index in [1.54, 1.807) is 109 Å². The van der Waals surface area contributed by atoms with Gasteiger partial charge in [0.05, 0.1) is 53.8 Å². The number of aryl methyl sites for hydroxylation is 2. The summed E-state index contributed by atoms with van der Waals surface area (Å²) in [6.45, 7) is 23.6. The molecular weight excluding hydrogens is 1890 g/mol. The number of aliphatic carboxylic acids is 1. The van der Waals surface area contributed by atoms with Gasteiger partial charge in [-0.1, -0.05) is 120 Å². The number of hydrogen-bond acceptors (Lipinski definition) is 25. The molecule has 1 unspecified atom stereocenters. The third-order valence-corrected chi connectivity index (χ3v) is 25.0. The summed E-state index contributed by atoms with van der Waals surface area (Å²) >= 11 is 0. The molecule has 2 aromatic heterocycles. The van der Waals surface area contributed by atoms with Gasteiger partial charge in [-0.2, -0.15) is 0 Å². The van der Waals surface area contributed by atoms with E-state index in [1.807, 2.05) is 46.8 Å². The van der Waals surface area contributed by atoms with E-state index in [4.69, 9.17) is 27.7 Å². The van der Waals surface area contributed by atoms with E-state index in [0.29, 0.717) is 99.0 Å². The smallest absolute Gasteiger partial charge is 0.326 e. The third kappa shape index (κ3) is 47.2. The maximum Gasteiger partial charge on any atom is 0.326 e. The fraction of sp³-hybridized carbons (Fsp3) is 0.612. The van der Waals surface area contributed by atoms with Gasteiger partial charge in [0.25, 0.3) is 0 Å². The summed E-state index contributed by atoms with van der Waals surface area (Å²) < 4.78 is 6.32. The number of nitrogens with zero attached hydrogens (tertiary/aromatic N) is 1. The van der Waals surface area contributed by atoms with Crippen LogP contribution >= 0.6 is 0 Å². The molecule has 1 aliphatic rings. The maximum absolute atomic E-state index is 14.9. The molecule has 1 aliphatic heterocycles. The zero-order valence-electron chi connectivity index (χ0n) is 87.5. The minimum absolute atomic E-state index is 0.0201. The average Bonchev–Trinajstić information content (AvgIpc) is 1.69. The minimum atomic E-state index is -1.58. The van der Waals surface area contributed by atoms with Crippen molar-refractivity contribution in [3.63, 3.8) is 0 Å². The van der Waals surface area contributed by atoms with Crippen molar-refractivity contribution in [1.82, 2.24) is 111 Å². The second-order valence-corrected chi connectivity index (χ2v) is 40.9. The summed E-state index contributed by atoms with van der Waals surface area (Å²) in [5.41, 5.74) is 24.5. The number of carboxylic acid groups (broad SMARTS) is 1. The van der Waals surface area contributed by atoms with Crippen LogP contribution in [0, 0.1) is 24.7 Å². The van der Waals surface area contributed by atoms with Crippen molar-refractivity contribution in [2.24, 2.45) is 40.7 Å². The fourth-order valence-electron chi connectivity index (χ4n) is 16.8. The molecule has 0 aliphatic carbocycles. The number of carbonyl (C=O) groups excluding carboxylic acids is 16. The number of H-pyrrole nitrogens is 2. The number of aromatic nitrogens is 3. The number of hydrogen-bond donors (Lipinski definition) is 25. The highest BCUT2D eigenvalue weighted by Gasteiger charge is 2.39. The van der Waals surface area contributed by atoms with E-state index in [2.05, 4.69) is 123 Å². The molecule has 44 nitrogen and oxygen atoms in total. The Hall–Kier alpha value is -12.9. The molecule has 44 heteroatoms. The SMILES string of the molecule is Cc1ccc(CCCC(=O)NCCCCC(NC(=O)CCCC(=O)NC2(CN)CNCCNCC(CN)(NC(=O)CCCC(=O)NC(C)(C)COC(C)(C)CC(=O)N[C@H](Cc3ccccc3)C(=O)N[C@@H](CCC(N)=O)C(=O)N[C@@H](Cc3c[nH]c4ccccc34)C(=O)N[C@@H](C)C(=O)N[C@H](C(=O)NCC(=O)N[C@@H](Cc3c[nH]cn3)C(=O)N[C@H](CCC(=O)N[C@@H](CC(C)C)C(N)=O)CC(C)C)C(C)C)CNCCNC2)C(=O)O)cc1. The summed E-state index contributed by atoms with van der Waals surface area (Å²) in [5, 5.41) is 63.0. The molecule has 16 amide bonds. The third-order valence-electron chi connectivity index (χ3n) is 25.0. The van der Waals surface area contributed by atoms with Crippen molar-refractivity contribution in [2.45, 2.75) is 301 Å². The molecule has 0 saturated carbocycles. The molecule has 29 N–H and O–H groups in total. The van der Waals surface area contributed by atoms with E-state index in [-0.39, 0.29) is 171 Å². The topological polar surface area (TPSA) is 685 Å². The number of carbonyl (C=O) groups is 17. The highest BCUT2D eigenvalue weighted by atomic mass is 16.5. The van der Waals surface area contributed by atoms with Crippen LogP contribution in [0.1, 0.15) is 220 Å². The molecule has 6 rings (SSSR count). The van der Waals surface area contributed by atoms with Crippen molar-refractivity contribution < 1.29 is 91.4 Å². The number of nitrogens with two attached hydrogens (primary N) is 4. The van der Waals surface area contributed by atoms with E-state index in [9.17, 15) is 86.6 Å². The predicted molar refractivity (Wildman–Crippen MR) is 556 cm³/mol. The first-order valence-electron chi connectivity index (χ1n) is 51.1. The van der Waals surface area contributed by atoms with Crippen LogP contribution in [-0.4, -0.2) is 282 Å². The van der Waals surface area contributed by atoms with Gasteiger partial charge in [0.15, 0.2) is 0 Å². The average molecular weight is 2060 g/mol. The fourth-order valence-corrected chi connectivity index (χ4v) is 16.8. The number of rotatable bonds is 63. The van der Waals surface area contributed by atoms with Crippen molar-refractivity contribution in [2.75, 3.05) is 85.1 Å². The molecule has 1 fully saturated rings. The molecule has 0 bridgehead atoms. The van der Waals surface area contributed by atoms with E-state index in [0.717, 1.165) is 6.42 Å². The summed E-state index contributed by atoms with van der Waals surface area (Å²) in [6, 6.07) is 13.1. The highest BCUT2D eigenvalue weighted by molar-refractivity contribution is 5.98. The van der Waals surface area contributed by atoms with Crippen LogP contribution in [0.2, 0.25) is 0 Å². The van der Waals surface area contributed by atoms with Gasteiger partial charge in [-0.3, -0.25) is 76.7 Å².